The van der Waals surface area contributed by atoms with Gasteiger partial charge < -0.3 is 20.3 Å². The zero-order valence-corrected chi connectivity index (χ0v) is 19.8. The van der Waals surface area contributed by atoms with Gasteiger partial charge in [-0.15, -0.1) is 0 Å². The van der Waals surface area contributed by atoms with Crippen molar-refractivity contribution in [1.29, 1.82) is 0 Å². The van der Waals surface area contributed by atoms with Gasteiger partial charge in [0.25, 0.3) is 0 Å². The lowest BCUT2D eigenvalue weighted by Gasteiger charge is -2.33. The average Bonchev–Trinajstić information content (AvgIpc) is 3.38. The molecule has 3 unspecified atom stereocenters. The van der Waals surface area contributed by atoms with Crippen LogP contribution in [0.4, 0.5) is 5.69 Å². The first-order valence-corrected chi connectivity index (χ1v) is 12.1. The van der Waals surface area contributed by atoms with Gasteiger partial charge in [-0.3, -0.25) is 4.99 Å². The van der Waals surface area contributed by atoms with E-state index in [2.05, 4.69) is 82.9 Å². The predicted molar refractivity (Wildman–Crippen MR) is 133 cm³/mol. The Kier molecular flexibility index (Phi) is 7.69. The summed E-state index contributed by atoms with van der Waals surface area (Å²) in [5.41, 5.74) is 5.18. The van der Waals surface area contributed by atoms with Crippen LogP contribution in [0.1, 0.15) is 61.4 Å². The van der Waals surface area contributed by atoms with Crippen LogP contribution in [0.15, 0.2) is 53.5 Å². The van der Waals surface area contributed by atoms with Gasteiger partial charge in [-0.2, -0.15) is 0 Å². The maximum atomic E-state index is 6.19. The van der Waals surface area contributed by atoms with Gasteiger partial charge in [-0.1, -0.05) is 42.0 Å². The number of aryl methyl sites for hydroxylation is 1. The van der Waals surface area contributed by atoms with Crippen LogP contribution in [0.3, 0.4) is 0 Å². The molecule has 32 heavy (non-hydrogen) atoms. The number of anilines is 1. The van der Waals surface area contributed by atoms with Crippen LogP contribution < -0.4 is 15.5 Å². The van der Waals surface area contributed by atoms with Crippen molar-refractivity contribution in [2.75, 3.05) is 38.2 Å². The number of benzene rings is 2. The summed E-state index contributed by atoms with van der Waals surface area (Å²) in [6.07, 6.45) is 5.01. The molecule has 2 fully saturated rings. The Morgan fingerprint density at radius 2 is 1.91 bits per heavy atom. The van der Waals surface area contributed by atoms with Crippen molar-refractivity contribution >= 4 is 11.6 Å². The highest BCUT2D eigenvalue weighted by atomic mass is 16.5. The highest BCUT2D eigenvalue weighted by Gasteiger charge is 2.27. The van der Waals surface area contributed by atoms with Gasteiger partial charge in [0, 0.05) is 44.9 Å². The van der Waals surface area contributed by atoms with E-state index in [0.717, 1.165) is 32.0 Å². The molecule has 172 valence electrons. The minimum absolute atomic E-state index is 0.143. The summed E-state index contributed by atoms with van der Waals surface area (Å²) < 4.78 is 6.19. The topological polar surface area (TPSA) is 48.9 Å². The standard InChI is InChI=1S/C27H38N4O/c1-20-11-13-22(14-12-20)26-24(9-7-17-32-26)19-29-27(28-3)30-21(2)23-8-6-10-25(18-23)31-15-4-5-16-31/h6,8,10-14,18,21,24,26H,4-5,7,9,15-17,19H2,1-3H3,(H2,28,29,30). The third kappa shape index (κ3) is 5.63. The molecule has 2 aliphatic heterocycles. The highest BCUT2D eigenvalue weighted by molar-refractivity contribution is 5.80. The van der Waals surface area contributed by atoms with Crippen molar-refractivity contribution in [1.82, 2.24) is 10.6 Å². The van der Waals surface area contributed by atoms with Crippen molar-refractivity contribution in [3.05, 3.63) is 65.2 Å². The maximum absolute atomic E-state index is 6.19. The van der Waals surface area contributed by atoms with Gasteiger partial charge in [-0.25, -0.2) is 0 Å². The fourth-order valence-electron chi connectivity index (χ4n) is 4.85. The Labute approximate surface area is 193 Å². The molecule has 0 aliphatic carbocycles. The minimum atomic E-state index is 0.143. The number of hydrogen-bond donors (Lipinski definition) is 2. The summed E-state index contributed by atoms with van der Waals surface area (Å²) in [5, 5.41) is 7.15. The largest absolute Gasteiger partial charge is 0.373 e. The first kappa shape index (κ1) is 22.7. The van der Waals surface area contributed by atoms with E-state index in [1.807, 2.05) is 7.05 Å². The summed E-state index contributed by atoms with van der Waals surface area (Å²) >= 11 is 0. The molecule has 2 aromatic rings. The van der Waals surface area contributed by atoms with Crippen LogP contribution in [0, 0.1) is 12.8 Å². The maximum Gasteiger partial charge on any atom is 0.191 e. The minimum Gasteiger partial charge on any atom is -0.373 e. The van der Waals surface area contributed by atoms with E-state index in [0.29, 0.717) is 5.92 Å². The molecular formula is C27H38N4O. The first-order chi connectivity index (χ1) is 15.6. The number of nitrogens with one attached hydrogen (secondary N) is 2. The van der Waals surface area contributed by atoms with Gasteiger partial charge in [0.05, 0.1) is 12.1 Å². The predicted octanol–water partition coefficient (Wildman–Crippen LogP) is 4.99. The Morgan fingerprint density at radius 1 is 1.12 bits per heavy atom. The second-order valence-corrected chi connectivity index (χ2v) is 9.21. The summed E-state index contributed by atoms with van der Waals surface area (Å²) in [6, 6.07) is 17.9. The Bertz CT molecular complexity index is 889. The molecule has 4 rings (SSSR count). The number of nitrogens with zero attached hydrogens (tertiary/aromatic N) is 2. The van der Waals surface area contributed by atoms with Crippen LogP contribution in [0.2, 0.25) is 0 Å². The lowest BCUT2D eigenvalue weighted by Crippen LogP contribution is -2.42. The molecule has 0 radical (unpaired) electrons. The number of guanidine groups is 1. The van der Waals surface area contributed by atoms with Gasteiger partial charge in [0.15, 0.2) is 5.96 Å². The van der Waals surface area contributed by atoms with E-state index in [4.69, 9.17) is 4.74 Å². The van der Waals surface area contributed by atoms with E-state index < -0.39 is 0 Å². The highest BCUT2D eigenvalue weighted by Crippen LogP contribution is 2.33. The van der Waals surface area contributed by atoms with Gasteiger partial charge in [0.2, 0.25) is 0 Å². The van der Waals surface area contributed by atoms with Crippen molar-refractivity contribution in [3.63, 3.8) is 0 Å². The molecule has 2 N–H and O–H groups in total. The van der Waals surface area contributed by atoms with Crippen LogP contribution in [-0.2, 0) is 4.74 Å². The summed E-state index contributed by atoms with van der Waals surface area (Å²) in [4.78, 5) is 6.97. The molecule has 0 bridgehead atoms. The van der Waals surface area contributed by atoms with Crippen molar-refractivity contribution in [2.45, 2.75) is 51.7 Å². The van der Waals surface area contributed by atoms with Crippen molar-refractivity contribution < 1.29 is 4.74 Å². The van der Waals surface area contributed by atoms with Crippen LogP contribution in [0.25, 0.3) is 0 Å². The summed E-state index contributed by atoms with van der Waals surface area (Å²) in [7, 11) is 1.84. The molecule has 5 nitrogen and oxygen atoms in total. The van der Waals surface area contributed by atoms with Gasteiger partial charge in [-0.05, 0) is 62.8 Å². The molecule has 2 aromatic carbocycles. The second-order valence-electron chi connectivity index (χ2n) is 9.21. The number of rotatable bonds is 6. The second kappa shape index (κ2) is 10.9. The summed E-state index contributed by atoms with van der Waals surface area (Å²) in [5.74, 6) is 1.27. The molecular weight excluding hydrogens is 396 g/mol. The lowest BCUT2D eigenvalue weighted by atomic mass is 9.89. The fraction of sp³-hybridized carbons (Fsp3) is 0.519. The number of aliphatic imine (C=N–C) groups is 1. The van der Waals surface area contributed by atoms with Crippen LogP contribution >= 0.6 is 0 Å². The van der Waals surface area contributed by atoms with Crippen molar-refractivity contribution in [2.24, 2.45) is 10.9 Å². The van der Waals surface area contributed by atoms with Crippen LogP contribution in [0.5, 0.6) is 0 Å². The molecule has 2 aliphatic rings. The molecule has 5 heteroatoms. The van der Waals surface area contributed by atoms with Crippen LogP contribution in [-0.4, -0.2) is 39.2 Å². The quantitative estimate of drug-likeness (QED) is 0.497. The zero-order chi connectivity index (χ0) is 22.3. The molecule has 2 heterocycles. The van der Waals surface area contributed by atoms with E-state index in [1.54, 1.807) is 0 Å². The number of ether oxygens (including phenoxy) is 1. The molecule has 3 atom stereocenters. The third-order valence-electron chi connectivity index (χ3n) is 6.80. The van der Waals surface area contributed by atoms with E-state index >= 15 is 0 Å². The molecule has 0 aromatic heterocycles. The Balaban J connectivity index is 1.36. The van der Waals surface area contributed by atoms with Gasteiger partial charge in [0.1, 0.15) is 0 Å². The molecule has 2 saturated heterocycles. The smallest absolute Gasteiger partial charge is 0.191 e. The molecule has 0 saturated carbocycles. The number of hydrogen-bond acceptors (Lipinski definition) is 3. The zero-order valence-electron chi connectivity index (χ0n) is 19.8. The van der Waals surface area contributed by atoms with Gasteiger partial charge >= 0.3 is 0 Å². The van der Waals surface area contributed by atoms with E-state index in [1.165, 1.54) is 48.3 Å². The van der Waals surface area contributed by atoms with E-state index in [-0.39, 0.29) is 12.1 Å². The average molecular weight is 435 g/mol. The molecule has 0 spiro atoms. The fourth-order valence-corrected chi connectivity index (χ4v) is 4.85. The SMILES string of the molecule is CN=C(NCC1CCCOC1c1ccc(C)cc1)NC(C)c1cccc(N2CCCC2)c1. The van der Waals surface area contributed by atoms with Crippen molar-refractivity contribution in [3.8, 4) is 0 Å². The monoisotopic (exact) mass is 434 g/mol. The van der Waals surface area contributed by atoms with E-state index in [9.17, 15) is 0 Å². The summed E-state index contributed by atoms with van der Waals surface area (Å²) in [6.45, 7) is 8.35. The normalized spacial score (nSPS) is 22.6. The third-order valence-corrected chi connectivity index (χ3v) is 6.80. The lowest BCUT2D eigenvalue weighted by molar-refractivity contribution is -0.0265. The Morgan fingerprint density at radius 3 is 2.66 bits per heavy atom. The molecule has 0 amide bonds. The Hall–Kier alpha value is -2.53. The first-order valence-electron chi connectivity index (χ1n) is 12.1.